The number of carbonyl (C=O) groups excluding carboxylic acids is 1. The molecule has 4 nitrogen and oxygen atoms in total. The zero-order chi connectivity index (χ0) is 15.2. The summed E-state index contributed by atoms with van der Waals surface area (Å²) in [5.41, 5.74) is 1.40. The second-order valence-electron chi connectivity index (χ2n) is 4.25. The average molecular weight is 351 g/mol. The fourth-order valence-corrected chi connectivity index (χ4v) is 2.28. The summed E-state index contributed by atoms with van der Waals surface area (Å²) in [7, 11) is 2.83. The highest BCUT2D eigenvalue weighted by Crippen LogP contribution is 2.33. The minimum Gasteiger partial charge on any atom is -0.496 e. The van der Waals surface area contributed by atoms with E-state index in [2.05, 4.69) is 15.9 Å². The summed E-state index contributed by atoms with van der Waals surface area (Å²) < 4.78 is 16.4. The molecule has 0 saturated heterocycles. The largest absolute Gasteiger partial charge is 0.496 e. The van der Waals surface area contributed by atoms with E-state index in [4.69, 9.17) is 14.2 Å². The van der Waals surface area contributed by atoms with Gasteiger partial charge >= 0.3 is 5.97 Å². The van der Waals surface area contributed by atoms with Crippen LogP contribution < -0.4 is 9.47 Å². The molecular weight excluding hydrogens is 336 g/mol. The van der Waals surface area contributed by atoms with Crippen LogP contribution >= 0.6 is 15.9 Å². The first-order valence-corrected chi connectivity index (χ1v) is 7.07. The fourth-order valence-electron chi connectivity index (χ4n) is 1.82. The number of esters is 1. The van der Waals surface area contributed by atoms with Crippen LogP contribution in [0.5, 0.6) is 11.5 Å². The molecule has 0 fully saturated rings. The van der Waals surface area contributed by atoms with Crippen LogP contribution in [0.3, 0.4) is 0 Å². The number of ether oxygens (including phenoxy) is 3. The van der Waals surface area contributed by atoms with Crippen molar-refractivity contribution in [3.05, 3.63) is 58.1 Å². The van der Waals surface area contributed by atoms with Crippen molar-refractivity contribution in [3.8, 4) is 11.5 Å². The van der Waals surface area contributed by atoms with Gasteiger partial charge in [-0.1, -0.05) is 30.3 Å². The predicted octanol–water partition coefficient (Wildman–Crippen LogP) is 3.82. The van der Waals surface area contributed by atoms with E-state index in [0.29, 0.717) is 28.1 Å². The molecule has 2 aromatic carbocycles. The average Bonchev–Trinajstić information content (AvgIpc) is 2.53. The highest BCUT2D eigenvalue weighted by Gasteiger charge is 2.16. The number of benzene rings is 2. The van der Waals surface area contributed by atoms with Crippen LogP contribution in [0.25, 0.3) is 0 Å². The number of hydrogen-bond donors (Lipinski definition) is 0. The van der Waals surface area contributed by atoms with Gasteiger partial charge in [0.2, 0.25) is 0 Å². The van der Waals surface area contributed by atoms with Gasteiger partial charge < -0.3 is 14.2 Å². The Kier molecular flexibility index (Phi) is 5.22. The van der Waals surface area contributed by atoms with Crippen LogP contribution in [0.2, 0.25) is 0 Å². The molecule has 0 aliphatic carbocycles. The second kappa shape index (κ2) is 7.13. The highest BCUT2D eigenvalue weighted by atomic mass is 79.9. The molecule has 21 heavy (non-hydrogen) atoms. The van der Waals surface area contributed by atoms with E-state index in [1.807, 2.05) is 30.3 Å². The topological polar surface area (TPSA) is 44.8 Å². The molecule has 2 aromatic rings. The molecule has 110 valence electrons. The summed E-state index contributed by atoms with van der Waals surface area (Å²) in [4.78, 5) is 11.7. The van der Waals surface area contributed by atoms with Gasteiger partial charge in [-0.3, -0.25) is 0 Å². The van der Waals surface area contributed by atoms with Crippen molar-refractivity contribution in [2.75, 3.05) is 14.2 Å². The molecule has 0 aliphatic rings. The van der Waals surface area contributed by atoms with Gasteiger partial charge in [0.05, 0.1) is 18.7 Å². The van der Waals surface area contributed by atoms with Crippen LogP contribution in [0, 0.1) is 0 Å². The zero-order valence-electron chi connectivity index (χ0n) is 11.8. The lowest BCUT2D eigenvalue weighted by molar-refractivity contribution is 0.0597. The maximum absolute atomic E-state index is 11.7. The molecule has 0 bridgehead atoms. The Morgan fingerprint density at radius 1 is 1.10 bits per heavy atom. The Hall–Kier alpha value is -2.01. The molecular formula is C16H15BrO4. The summed E-state index contributed by atoms with van der Waals surface area (Å²) in [6, 6.07) is 13.1. The summed E-state index contributed by atoms with van der Waals surface area (Å²) in [6.07, 6.45) is 0. The van der Waals surface area contributed by atoms with E-state index >= 15 is 0 Å². The molecule has 0 atom stereocenters. The third-order valence-electron chi connectivity index (χ3n) is 2.90. The Labute approximate surface area is 131 Å². The number of halogens is 1. The second-order valence-corrected chi connectivity index (χ2v) is 5.10. The van der Waals surface area contributed by atoms with Gasteiger partial charge in [0, 0.05) is 6.07 Å². The molecule has 0 aliphatic heterocycles. The third-order valence-corrected chi connectivity index (χ3v) is 3.52. The van der Waals surface area contributed by atoms with E-state index in [1.54, 1.807) is 12.1 Å². The lowest BCUT2D eigenvalue weighted by atomic mass is 10.2. The molecule has 0 heterocycles. The van der Waals surface area contributed by atoms with Crippen molar-refractivity contribution in [1.82, 2.24) is 0 Å². The molecule has 5 heteroatoms. The van der Waals surface area contributed by atoms with E-state index in [9.17, 15) is 4.79 Å². The van der Waals surface area contributed by atoms with E-state index < -0.39 is 5.97 Å². The summed E-state index contributed by atoms with van der Waals surface area (Å²) in [5.74, 6) is 0.554. The molecule has 0 radical (unpaired) electrons. The lowest BCUT2D eigenvalue weighted by Gasteiger charge is -2.13. The van der Waals surface area contributed by atoms with Gasteiger partial charge in [-0.25, -0.2) is 4.79 Å². The molecule has 0 spiro atoms. The standard InChI is InChI=1S/C16H15BrO4/c1-19-14-9-15(13(17)8-12(14)16(18)20-2)21-10-11-6-4-3-5-7-11/h3-9H,10H2,1-2H3. The van der Waals surface area contributed by atoms with Gasteiger partial charge in [0.1, 0.15) is 23.7 Å². The van der Waals surface area contributed by atoms with E-state index in [1.165, 1.54) is 14.2 Å². The van der Waals surface area contributed by atoms with Crippen LogP contribution in [-0.2, 0) is 11.3 Å². The predicted molar refractivity (Wildman–Crippen MR) is 82.8 cm³/mol. The quantitative estimate of drug-likeness (QED) is 0.769. The van der Waals surface area contributed by atoms with Crippen molar-refractivity contribution in [2.45, 2.75) is 6.61 Å². The summed E-state index contributed by atoms with van der Waals surface area (Å²) in [5, 5.41) is 0. The van der Waals surface area contributed by atoms with Crippen molar-refractivity contribution >= 4 is 21.9 Å². The minimum atomic E-state index is -0.456. The van der Waals surface area contributed by atoms with Crippen LogP contribution in [-0.4, -0.2) is 20.2 Å². The number of hydrogen-bond acceptors (Lipinski definition) is 4. The van der Waals surface area contributed by atoms with Crippen molar-refractivity contribution in [1.29, 1.82) is 0 Å². The normalized spacial score (nSPS) is 10.0. The van der Waals surface area contributed by atoms with Crippen molar-refractivity contribution in [3.63, 3.8) is 0 Å². The van der Waals surface area contributed by atoms with Crippen molar-refractivity contribution < 1.29 is 19.0 Å². The Balaban J connectivity index is 2.22. The maximum Gasteiger partial charge on any atom is 0.341 e. The monoisotopic (exact) mass is 350 g/mol. The summed E-state index contributed by atoms with van der Waals surface area (Å²) >= 11 is 3.39. The van der Waals surface area contributed by atoms with E-state index in [-0.39, 0.29) is 0 Å². The van der Waals surface area contributed by atoms with Crippen LogP contribution in [0.15, 0.2) is 46.9 Å². The highest BCUT2D eigenvalue weighted by molar-refractivity contribution is 9.10. The molecule has 0 aromatic heterocycles. The number of methoxy groups -OCH3 is 2. The van der Waals surface area contributed by atoms with Gasteiger partial charge in [-0.2, -0.15) is 0 Å². The van der Waals surface area contributed by atoms with Gasteiger partial charge in [-0.15, -0.1) is 0 Å². The number of rotatable bonds is 5. The first-order chi connectivity index (χ1) is 10.2. The number of carbonyl (C=O) groups is 1. The van der Waals surface area contributed by atoms with Crippen LogP contribution in [0.4, 0.5) is 0 Å². The van der Waals surface area contributed by atoms with E-state index in [0.717, 1.165) is 5.56 Å². The fraction of sp³-hybridized carbons (Fsp3) is 0.188. The lowest BCUT2D eigenvalue weighted by Crippen LogP contribution is -2.05. The molecule has 0 saturated carbocycles. The molecule has 0 unspecified atom stereocenters. The molecule has 2 rings (SSSR count). The smallest absolute Gasteiger partial charge is 0.341 e. The Bertz CT molecular complexity index is 626. The first kappa shape index (κ1) is 15.4. The van der Waals surface area contributed by atoms with Gasteiger partial charge in [0.15, 0.2) is 0 Å². The van der Waals surface area contributed by atoms with Gasteiger partial charge in [0.25, 0.3) is 0 Å². The zero-order valence-corrected chi connectivity index (χ0v) is 13.3. The Morgan fingerprint density at radius 2 is 1.81 bits per heavy atom. The van der Waals surface area contributed by atoms with Crippen LogP contribution in [0.1, 0.15) is 15.9 Å². The SMILES string of the molecule is COC(=O)c1cc(Br)c(OCc2ccccc2)cc1OC. The minimum absolute atomic E-state index is 0.346. The van der Waals surface area contributed by atoms with Gasteiger partial charge in [-0.05, 0) is 27.6 Å². The third kappa shape index (κ3) is 3.76. The molecule has 0 N–H and O–H groups in total. The summed E-state index contributed by atoms with van der Waals surface area (Å²) in [6.45, 7) is 0.431. The first-order valence-electron chi connectivity index (χ1n) is 6.28. The molecule has 0 amide bonds. The van der Waals surface area contributed by atoms with Crippen molar-refractivity contribution in [2.24, 2.45) is 0 Å². The maximum atomic E-state index is 11.7. The Morgan fingerprint density at radius 3 is 2.43 bits per heavy atom.